The van der Waals surface area contributed by atoms with Crippen molar-refractivity contribution in [3.63, 3.8) is 0 Å². The fourth-order valence-corrected chi connectivity index (χ4v) is 2.19. The Morgan fingerprint density at radius 2 is 1.71 bits per heavy atom. The van der Waals surface area contributed by atoms with Crippen LogP contribution in [0.1, 0.15) is 36.0 Å². The SMILES string of the molecule is O=C(/C1=C/CC/C=C\CC1)c1ccc(Br)cc1. The molecular weight excluding hydrogens is 276 g/mol. The van der Waals surface area contributed by atoms with E-state index in [0.29, 0.717) is 0 Å². The molecule has 0 N–H and O–H groups in total. The molecule has 0 aromatic heterocycles. The van der Waals surface area contributed by atoms with Gasteiger partial charge in [-0.25, -0.2) is 0 Å². The van der Waals surface area contributed by atoms with Crippen LogP contribution in [0, 0.1) is 0 Å². The molecule has 1 aliphatic rings. The summed E-state index contributed by atoms with van der Waals surface area (Å²) in [6.45, 7) is 0. The Bertz CT molecular complexity index is 454. The van der Waals surface area contributed by atoms with Crippen LogP contribution in [0.5, 0.6) is 0 Å². The van der Waals surface area contributed by atoms with Gasteiger partial charge in [-0.05, 0) is 55.5 Å². The van der Waals surface area contributed by atoms with E-state index in [2.05, 4.69) is 34.2 Å². The highest BCUT2D eigenvalue weighted by Gasteiger charge is 2.11. The van der Waals surface area contributed by atoms with Crippen molar-refractivity contribution in [1.82, 2.24) is 0 Å². The highest BCUT2D eigenvalue weighted by atomic mass is 79.9. The summed E-state index contributed by atoms with van der Waals surface area (Å²) in [5, 5.41) is 0. The maximum absolute atomic E-state index is 12.3. The van der Waals surface area contributed by atoms with Crippen LogP contribution < -0.4 is 0 Å². The second-order valence-electron chi connectivity index (χ2n) is 4.15. The zero-order chi connectivity index (χ0) is 12.1. The smallest absolute Gasteiger partial charge is 0.188 e. The maximum Gasteiger partial charge on any atom is 0.188 e. The standard InChI is InChI=1S/C15H15BrO/c16-14-10-8-13(9-11-14)15(17)12-6-4-2-1-3-5-7-12/h1-2,7-11H,3-6H2/b2-1-,12-7+. The van der Waals surface area contributed by atoms with Crippen molar-refractivity contribution in [3.05, 3.63) is 58.1 Å². The van der Waals surface area contributed by atoms with E-state index in [1.165, 1.54) is 0 Å². The van der Waals surface area contributed by atoms with Crippen LogP contribution in [-0.4, -0.2) is 5.78 Å². The van der Waals surface area contributed by atoms with Gasteiger partial charge in [0.2, 0.25) is 0 Å². The number of Topliss-reactive ketones (excluding diaryl/α,β-unsaturated/α-hetero) is 1. The van der Waals surface area contributed by atoms with Gasteiger partial charge in [-0.2, -0.15) is 0 Å². The minimum atomic E-state index is 0.174. The van der Waals surface area contributed by atoms with Crippen LogP contribution in [0.15, 0.2) is 52.5 Å². The number of allylic oxidation sites excluding steroid dienone is 4. The average molecular weight is 291 g/mol. The van der Waals surface area contributed by atoms with Crippen molar-refractivity contribution in [2.45, 2.75) is 25.7 Å². The van der Waals surface area contributed by atoms with Gasteiger partial charge >= 0.3 is 0 Å². The van der Waals surface area contributed by atoms with Gasteiger partial charge < -0.3 is 0 Å². The molecule has 0 saturated heterocycles. The first-order valence-corrected chi connectivity index (χ1v) is 6.71. The first-order chi connectivity index (χ1) is 8.27. The second-order valence-corrected chi connectivity index (χ2v) is 5.07. The van der Waals surface area contributed by atoms with Crippen LogP contribution in [0.3, 0.4) is 0 Å². The summed E-state index contributed by atoms with van der Waals surface area (Å²) in [7, 11) is 0. The lowest BCUT2D eigenvalue weighted by atomic mass is 9.96. The van der Waals surface area contributed by atoms with Crippen molar-refractivity contribution in [1.29, 1.82) is 0 Å². The third kappa shape index (κ3) is 3.40. The van der Waals surface area contributed by atoms with Crippen LogP contribution >= 0.6 is 15.9 Å². The molecule has 2 rings (SSSR count). The third-order valence-corrected chi connectivity index (χ3v) is 3.40. The molecule has 1 aromatic carbocycles. The maximum atomic E-state index is 12.3. The molecule has 1 aromatic rings. The number of hydrogen-bond acceptors (Lipinski definition) is 1. The molecule has 0 aliphatic heterocycles. The fraction of sp³-hybridized carbons (Fsp3) is 0.267. The fourth-order valence-electron chi connectivity index (χ4n) is 1.92. The topological polar surface area (TPSA) is 17.1 Å². The van der Waals surface area contributed by atoms with Crippen molar-refractivity contribution < 1.29 is 4.79 Å². The van der Waals surface area contributed by atoms with E-state index in [9.17, 15) is 4.79 Å². The molecule has 0 amide bonds. The molecule has 1 nitrogen and oxygen atoms in total. The Kier molecular flexibility index (Phi) is 4.32. The molecule has 88 valence electrons. The third-order valence-electron chi connectivity index (χ3n) is 2.87. The minimum Gasteiger partial charge on any atom is -0.289 e. The van der Waals surface area contributed by atoms with Gasteiger partial charge in [-0.1, -0.05) is 34.2 Å². The molecule has 0 fully saturated rings. The molecular formula is C15H15BrO. The van der Waals surface area contributed by atoms with Crippen molar-refractivity contribution in [2.75, 3.05) is 0 Å². The molecule has 0 bridgehead atoms. The normalized spacial score (nSPS) is 20.9. The van der Waals surface area contributed by atoms with Gasteiger partial charge in [0.25, 0.3) is 0 Å². The largest absolute Gasteiger partial charge is 0.289 e. The Morgan fingerprint density at radius 3 is 2.47 bits per heavy atom. The number of ketones is 1. The summed E-state index contributed by atoms with van der Waals surface area (Å²) in [6.07, 6.45) is 10.3. The molecule has 17 heavy (non-hydrogen) atoms. The molecule has 0 heterocycles. The van der Waals surface area contributed by atoms with E-state index < -0.39 is 0 Å². The highest BCUT2D eigenvalue weighted by molar-refractivity contribution is 9.10. The van der Waals surface area contributed by atoms with E-state index in [1.807, 2.05) is 24.3 Å². The zero-order valence-electron chi connectivity index (χ0n) is 9.66. The van der Waals surface area contributed by atoms with Crippen molar-refractivity contribution in [3.8, 4) is 0 Å². The Morgan fingerprint density at radius 1 is 1.00 bits per heavy atom. The molecule has 0 saturated carbocycles. The Labute approximate surface area is 110 Å². The summed E-state index contributed by atoms with van der Waals surface area (Å²) in [5.41, 5.74) is 1.74. The predicted octanol–water partition coefficient (Wildman–Crippen LogP) is 4.69. The first kappa shape index (κ1) is 12.3. The molecule has 0 atom stereocenters. The number of carbonyl (C=O) groups is 1. The summed E-state index contributed by atoms with van der Waals surface area (Å²) in [4.78, 5) is 12.3. The van der Waals surface area contributed by atoms with E-state index in [1.54, 1.807) is 0 Å². The average Bonchev–Trinajstić information content (AvgIpc) is 2.29. The first-order valence-electron chi connectivity index (χ1n) is 5.91. The van der Waals surface area contributed by atoms with Crippen LogP contribution in [0.4, 0.5) is 0 Å². The summed E-state index contributed by atoms with van der Waals surface area (Å²) in [6, 6.07) is 7.58. The van der Waals surface area contributed by atoms with Crippen LogP contribution in [0.2, 0.25) is 0 Å². The van der Waals surface area contributed by atoms with Gasteiger partial charge in [0, 0.05) is 10.0 Å². The van der Waals surface area contributed by atoms with Gasteiger partial charge in [0.05, 0.1) is 0 Å². The Balaban J connectivity index is 2.16. The second kappa shape index (κ2) is 5.97. The highest BCUT2D eigenvalue weighted by Crippen LogP contribution is 2.19. The van der Waals surface area contributed by atoms with Gasteiger partial charge in [0.15, 0.2) is 5.78 Å². The molecule has 0 spiro atoms. The van der Waals surface area contributed by atoms with Gasteiger partial charge in [0.1, 0.15) is 0 Å². The number of halogens is 1. The quantitative estimate of drug-likeness (QED) is 0.570. The number of benzene rings is 1. The number of rotatable bonds is 2. The van der Waals surface area contributed by atoms with Crippen LogP contribution in [-0.2, 0) is 0 Å². The van der Waals surface area contributed by atoms with Gasteiger partial charge in [-0.3, -0.25) is 4.79 Å². The lowest BCUT2D eigenvalue weighted by Gasteiger charge is -2.07. The predicted molar refractivity (Wildman–Crippen MR) is 74.2 cm³/mol. The van der Waals surface area contributed by atoms with Gasteiger partial charge in [-0.15, -0.1) is 0 Å². The molecule has 0 radical (unpaired) electrons. The lowest BCUT2D eigenvalue weighted by Crippen LogP contribution is -2.04. The molecule has 2 heteroatoms. The molecule has 0 unspecified atom stereocenters. The summed E-state index contributed by atoms with van der Waals surface area (Å²) < 4.78 is 1.00. The summed E-state index contributed by atoms with van der Waals surface area (Å²) in [5.74, 6) is 0.174. The van der Waals surface area contributed by atoms with E-state index in [0.717, 1.165) is 41.3 Å². The monoisotopic (exact) mass is 290 g/mol. The zero-order valence-corrected chi connectivity index (χ0v) is 11.2. The molecule has 1 aliphatic carbocycles. The van der Waals surface area contributed by atoms with Crippen LogP contribution in [0.25, 0.3) is 0 Å². The lowest BCUT2D eigenvalue weighted by molar-refractivity contribution is 0.103. The Hall–Kier alpha value is -1.15. The number of hydrogen-bond donors (Lipinski definition) is 0. The minimum absolute atomic E-state index is 0.174. The number of carbonyl (C=O) groups excluding carboxylic acids is 1. The summed E-state index contributed by atoms with van der Waals surface area (Å²) >= 11 is 3.38. The van der Waals surface area contributed by atoms with Crippen molar-refractivity contribution in [2.24, 2.45) is 0 Å². The van der Waals surface area contributed by atoms with Crippen molar-refractivity contribution >= 4 is 21.7 Å². The van der Waals surface area contributed by atoms with E-state index in [-0.39, 0.29) is 5.78 Å². The van der Waals surface area contributed by atoms with E-state index >= 15 is 0 Å². The van der Waals surface area contributed by atoms with E-state index in [4.69, 9.17) is 0 Å².